The van der Waals surface area contributed by atoms with Crippen molar-refractivity contribution in [1.82, 2.24) is 5.32 Å². The Bertz CT molecular complexity index is 1190. The van der Waals surface area contributed by atoms with E-state index in [0.29, 0.717) is 16.2 Å². The van der Waals surface area contributed by atoms with Crippen LogP contribution in [0.4, 0.5) is 13.2 Å². The third-order valence-electron chi connectivity index (χ3n) is 5.61. The summed E-state index contributed by atoms with van der Waals surface area (Å²) in [6, 6.07) is 14.1. The Morgan fingerprint density at radius 1 is 1.08 bits per heavy atom. The Kier molecular flexibility index (Phi) is 9.14. The molecule has 0 aliphatic carbocycles. The van der Waals surface area contributed by atoms with Crippen LogP contribution in [0.15, 0.2) is 54.6 Å². The van der Waals surface area contributed by atoms with E-state index in [1.165, 1.54) is 23.5 Å². The summed E-state index contributed by atoms with van der Waals surface area (Å²) < 4.78 is 44.9. The molecule has 192 valence electrons. The van der Waals surface area contributed by atoms with Gasteiger partial charge >= 0.3 is 12.1 Å². The van der Waals surface area contributed by atoms with Gasteiger partial charge in [-0.15, -0.1) is 11.3 Å². The summed E-state index contributed by atoms with van der Waals surface area (Å²) in [7, 11) is 0. The van der Waals surface area contributed by atoms with Crippen molar-refractivity contribution in [2.24, 2.45) is 0 Å². The smallest absolute Gasteiger partial charge is 0.416 e. The highest BCUT2D eigenvalue weighted by Crippen LogP contribution is 2.35. The molecular formula is C27H28F3NO4S. The summed E-state index contributed by atoms with van der Waals surface area (Å²) in [5.41, 5.74) is 1.68. The van der Waals surface area contributed by atoms with E-state index in [1.54, 1.807) is 12.1 Å². The van der Waals surface area contributed by atoms with Crippen LogP contribution in [0, 0.1) is 6.92 Å². The van der Waals surface area contributed by atoms with Crippen molar-refractivity contribution < 1.29 is 32.6 Å². The zero-order valence-corrected chi connectivity index (χ0v) is 20.8. The molecule has 0 aliphatic rings. The number of alkyl halides is 3. The molecule has 5 nitrogen and oxygen atoms in total. The molecular weight excluding hydrogens is 491 g/mol. The summed E-state index contributed by atoms with van der Waals surface area (Å²) in [6.45, 7) is 4.02. The molecule has 1 heterocycles. The molecule has 2 N–H and O–H groups in total. The first kappa shape index (κ1) is 27.3. The molecule has 36 heavy (non-hydrogen) atoms. The second kappa shape index (κ2) is 12.1. The van der Waals surface area contributed by atoms with Gasteiger partial charge in [0.2, 0.25) is 0 Å². The highest BCUT2D eigenvalue weighted by atomic mass is 32.1. The van der Waals surface area contributed by atoms with Crippen LogP contribution in [0.25, 0.3) is 11.1 Å². The molecule has 0 aliphatic heterocycles. The van der Waals surface area contributed by atoms with Crippen molar-refractivity contribution >= 4 is 23.2 Å². The maximum atomic E-state index is 12.9. The van der Waals surface area contributed by atoms with Crippen LogP contribution in [0.2, 0.25) is 0 Å². The number of hydrogen-bond donors (Lipinski definition) is 2. The monoisotopic (exact) mass is 519 g/mol. The minimum Gasteiger partial charge on any atom is -0.485 e. The largest absolute Gasteiger partial charge is 0.485 e. The number of carbonyl (C=O) groups is 2. The highest BCUT2D eigenvalue weighted by molar-refractivity contribution is 7.14. The molecule has 3 rings (SSSR count). The van der Waals surface area contributed by atoms with Crippen molar-refractivity contribution in [3.63, 3.8) is 0 Å². The summed E-state index contributed by atoms with van der Waals surface area (Å²) in [6.07, 6.45) is -2.15. The van der Waals surface area contributed by atoms with Gasteiger partial charge in [-0.05, 0) is 72.9 Å². The van der Waals surface area contributed by atoms with E-state index >= 15 is 0 Å². The van der Waals surface area contributed by atoms with E-state index in [0.717, 1.165) is 47.4 Å². The van der Waals surface area contributed by atoms with Crippen LogP contribution in [0.1, 0.15) is 64.4 Å². The van der Waals surface area contributed by atoms with Crippen molar-refractivity contribution in [2.45, 2.75) is 51.8 Å². The Balaban J connectivity index is 1.75. The predicted octanol–water partition coefficient (Wildman–Crippen LogP) is 7.26. The second-order valence-corrected chi connectivity index (χ2v) is 9.52. The molecule has 0 fully saturated rings. The van der Waals surface area contributed by atoms with Crippen molar-refractivity contribution in [3.05, 3.63) is 75.5 Å². The molecule has 1 atom stereocenters. The number of halogens is 3. The van der Waals surface area contributed by atoms with Gasteiger partial charge in [-0.2, -0.15) is 13.2 Å². The summed E-state index contributed by atoms with van der Waals surface area (Å²) in [5, 5.41) is 11.3. The lowest BCUT2D eigenvalue weighted by atomic mass is 9.99. The fourth-order valence-corrected chi connectivity index (χ4v) is 4.69. The number of carbonyl (C=O) groups excluding carboxylic acids is 1. The van der Waals surface area contributed by atoms with E-state index in [1.807, 2.05) is 25.1 Å². The Hall–Kier alpha value is -3.33. The number of unbranched alkanes of at least 4 members (excludes halogenated alkanes) is 1. The van der Waals surface area contributed by atoms with Crippen LogP contribution in [-0.2, 0) is 11.0 Å². The lowest BCUT2D eigenvalue weighted by Gasteiger charge is -2.19. The third kappa shape index (κ3) is 7.34. The molecule has 1 aromatic heterocycles. The number of nitrogens with one attached hydrogen (secondary N) is 1. The number of carboxylic acid groups (broad SMARTS) is 1. The van der Waals surface area contributed by atoms with Crippen LogP contribution < -0.4 is 10.1 Å². The summed E-state index contributed by atoms with van der Waals surface area (Å²) in [4.78, 5) is 24.4. The summed E-state index contributed by atoms with van der Waals surface area (Å²) in [5.74, 6) is -0.668. The standard InChI is InChI=1S/C27H28F3NO4S/c1-3-4-5-22(23-12-13-24(36-23)26(34)31-15-14-25(32)33)35-20-10-11-21(17(2)16-20)18-6-8-19(9-7-18)27(28,29)30/h6-13,16,22H,3-5,14-15H2,1-2H3,(H,31,34)(H,32,33). The summed E-state index contributed by atoms with van der Waals surface area (Å²) >= 11 is 1.31. The van der Waals surface area contributed by atoms with Gasteiger partial charge in [-0.1, -0.05) is 31.5 Å². The molecule has 0 radical (unpaired) electrons. The third-order valence-corrected chi connectivity index (χ3v) is 6.79. The van der Waals surface area contributed by atoms with E-state index in [2.05, 4.69) is 12.2 Å². The number of hydrogen-bond acceptors (Lipinski definition) is 4. The molecule has 1 unspecified atom stereocenters. The zero-order valence-electron chi connectivity index (χ0n) is 20.0. The Morgan fingerprint density at radius 2 is 1.81 bits per heavy atom. The quantitative estimate of drug-likeness (QED) is 0.280. The second-order valence-electron chi connectivity index (χ2n) is 8.40. The molecule has 0 saturated carbocycles. The van der Waals surface area contributed by atoms with Crippen LogP contribution in [-0.4, -0.2) is 23.5 Å². The van der Waals surface area contributed by atoms with Crippen LogP contribution in [0.5, 0.6) is 5.75 Å². The molecule has 0 spiro atoms. The number of amides is 1. The molecule has 0 bridgehead atoms. The number of benzene rings is 2. The van der Waals surface area contributed by atoms with Crippen molar-refractivity contribution in [2.75, 3.05) is 6.54 Å². The first-order valence-corrected chi connectivity index (χ1v) is 12.4. The average molecular weight is 520 g/mol. The molecule has 0 saturated heterocycles. The lowest BCUT2D eigenvalue weighted by Crippen LogP contribution is -2.25. The van der Waals surface area contributed by atoms with E-state index in [-0.39, 0.29) is 25.0 Å². The first-order chi connectivity index (χ1) is 17.1. The predicted molar refractivity (Wildman–Crippen MR) is 133 cm³/mol. The molecule has 1 amide bonds. The van der Waals surface area contributed by atoms with E-state index in [4.69, 9.17) is 9.84 Å². The van der Waals surface area contributed by atoms with Gasteiger partial charge in [0.1, 0.15) is 11.9 Å². The van der Waals surface area contributed by atoms with E-state index in [9.17, 15) is 22.8 Å². The van der Waals surface area contributed by atoms with Gasteiger partial charge in [0.25, 0.3) is 5.91 Å². The first-order valence-electron chi connectivity index (χ1n) is 11.6. The number of ether oxygens (including phenoxy) is 1. The van der Waals surface area contributed by atoms with Crippen LogP contribution in [0.3, 0.4) is 0 Å². The van der Waals surface area contributed by atoms with E-state index < -0.39 is 17.7 Å². The highest BCUT2D eigenvalue weighted by Gasteiger charge is 2.30. The topological polar surface area (TPSA) is 75.6 Å². The fraction of sp³-hybridized carbons (Fsp3) is 0.333. The molecule has 3 aromatic rings. The van der Waals surface area contributed by atoms with Crippen LogP contribution >= 0.6 is 11.3 Å². The SMILES string of the molecule is CCCCC(Oc1ccc(-c2ccc(C(F)(F)F)cc2)c(C)c1)c1ccc(C(=O)NCCC(=O)O)s1. The minimum atomic E-state index is -4.38. The molecule has 2 aromatic carbocycles. The normalized spacial score (nSPS) is 12.2. The van der Waals surface area contributed by atoms with Gasteiger partial charge in [0, 0.05) is 11.4 Å². The Labute approximate surface area is 211 Å². The molecule has 9 heteroatoms. The number of carboxylic acids is 1. The maximum absolute atomic E-state index is 12.9. The van der Waals surface area contributed by atoms with Gasteiger partial charge in [0.15, 0.2) is 0 Å². The zero-order chi connectivity index (χ0) is 26.3. The van der Waals surface area contributed by atoms with Gasteiger partial charge in [0.05, 0.1) is 16.9 Å². The van der Waals surface area contributed by atoms with Gasteiger partial charge in [-0.3, -0.25) is 9.59 Å². The number of aliphatic carboxylic acids is 1. The Morgan fingerprint density at radius 3 is 2.42 bits per heavy atom. The lowest BCUT2D eigenvalue weighted by molar-refractivity contribution is -0.138. The average Bonchev–Trinajstić information content (AvgIpc) is 3.31. The van der Waals surface area contributed by atoms with Crippen molar-refractivity contribution in [3.8, 4) is 16.9 Å². The maximum Gasteiger partial charge on any atom is 0.416 e. The van der Waals surface area contributed by atoms with Gasteiger partial charge in [-0.25, -0.2) is 0 Å². The van der Waals surface area contributed by atoms with Gasteiger partial charge < -0.3 is 15.2 Å². The minimum absolute atomic E-state index is 0.0573. The van der Waals surface area contributed by atoms with Crippen molar-refractivity contribution in [1.29, 1.82) is 0 Å². The number of aryl methyl sites for hydroxylation is 1. The number of rotatable bonds is 11. The fourth-order valence-electron chi connectivity index (χ4n) is 3.70. The number of thiophene rings is 1.